The smallest absolute Gasteiger partial charge is 0.0475 e. The molecule has 0 amide bonds. The summed E-state index contributed by atoms with van der Waals surface area (Å²) in [5.41, 5.74) is 2.75. The Balaban J connectivity index is 2.15. The minimum Gasteiger partial charge on any atom is -0.309 e. The van der Waals surface area contributed by atoms with E-state index in [9.17, 15) is 0 Å². The van der Waals surface area contributed by atoms with Crippen LogP contribution in [0.4, 0.5) is 0 Å². The van der Waals surface area contributed by atoms with Gasteiger partial charge in [-0.3, -0.25) is 4.90 Å². The molecule has 106 valence electrons. The Kier molecular flexibility index (Phi) is 5.00. The van der Waals surface area contributed by atoms with Gasteiger partial charge in [0.2, 0.25) is 0 Å². The van der Waals surface area contributed by atoms with E-state index in [1.54, 1.807) is 0 Å². The van der Waals surface area contributed by atoms with Crippen LogP contribution >= 0.6 is 0 Å². The number of hydrogen-bond donors (Lipinski definition) is 1. The standard InChI is InChI=1S/C17H28N2/c1-5-18-17(15-9-7-13(3)8-10-15)14(4)19(6-2)16-11-12-16/h7-10,14,16-18H,5-6,11-12H2,1-4H3. The summed E-state index contributed by atoms with van der Waals surface area (Å²) < 4.78 is 0. The normalized spacial score (nSPS) is 18.6. The maximum absolute atomic E-state index is 3.67. The van der Waals surface area contributed by atoms with Gasteiger partial charge in [0.25, 0.3) is 0 Å². The summed E-state index contributed by atoms with van der Waals surface area (Å²) in [5, 5.41) is 3.67. The van der Waals surface area contributed by atoms with Crippen molar-refractivity contribution in [2.24, 2.45) is 0 Å². The van der Waals surface area contributed by atoms with E-state index in [4.69, 9.17) is 0 Å². The monoisotopic (exact) mass is 260 g/mol. The minimum absolute atomic E-state index is 0.436. The van der Waals surface area contributed by atoms with Gasteiger partial charge in [-0.15, -0.1) is 0 Å². The fourth-order valence-corrected chi connectivity index (χ4v) is 3.04. The van der Waals surface area contributed by atoms with E-state index < -0.39 is 0 Å². The molecule has 0 saturated heterocycles. The second kappa shape index (κ2) is 6.53. The number of rotatable bonds is 7. The largest absolute Gasteiger partial charge is 0.309 e. The molecule has 1 N–H and O–H groups in total. The molecule has 2 rings (SSSR count). The predicted octanol–water partition coefficient (Wildman–Crippen LogP) is 3.52. The topological polar surface area (TPSA) is 15.3 Å². The average molecular weight is 260 g/mol. The highest BCUT2D eigenvalue weighted by molar-refractivity contribution is 5.25. The van der Waals surface area contributed by atoms with E-state index in [1.807, 2.05) is 0 Å². The van der Waals surface area contributed by atoms with Gasteiger partial charge in [-0.1, -0.05) is 43.7 Å². The predicted molar refractivity (Wildman–Crippen MR) is 82.5 cm³/mol. The molecule has 2 nitrogen and oxygen atoms in total. The first-order valence-corrected chi connectivity index (χ1v) is 7.73. The first-order chi connectivity index (χ1) is 9.17. The lowest BCUT2D eigenvalue weighted by Gasteiger charge is -2.35. The number of nitrogens with zero attached hydrogens (tertiary/aromatic N) is 1. The number of aryl methyl sites for hydroxylation is 1. The van der Waals surface area contributed by atoms with Crippen molar-refractivity contribution in [3.63, 3.8) is 0 Å². The third kappa shape index (κ3) is 3.58. The lowest BCUT2D eigenvalue weighted by molar-refractivity contribution is 0.169. The number of nitrogens with one attached hydrogen (secondary N) is 1. The molecule has 0 radical (unpaired) electrons. The molecule has 1 aliphatic rings. The van der Waals surface area contributed by atoms with Crippen LogP contribution in [-0.4, -0.2) is 30.1 Å². The zero-order valence-electron chi connectivity index (χ0n) is 12.8. The van der Waals surface area contributed by atoms with Crippen LogP contribution in [0.3, 0.4) is 0 Å². The number of hydrogen-bond acceptors (Lipinski definition) is 2. The zero-order valence-corrected chi connectivity index (χ0v) is 12.8. The molecule has 0 aromatic heterocycles. The van der Waals surface area contributed by atoms with Gasteiger partial charge in [0.1, 0.15) is 0 Å². The van der Waals surface area contributed by atoms with Crippen molar-refractivity contribution in [3.05, 3.63) is 35.4 Å². The fourth-order valence-electron chi connectivity index (χ4n) is 3.04. The molecule has 2 unspecified atom stereocenters. The Morgan fingerprint density at radius 3 is 2.32 bits per heavy atom. The molecule has 1 aromatic carbocycles. The molecule has 0 heterocycles. The van der Waals surface area contributed by atoms with Crippen molar-refractivity contribution in [3.8, 4) is 0 Å². The van der Waals surface area contributed by atoms with Gasteiger partial charge >= 0.3 is 0 Å². The molecule has 0 spiro atoms. The number of benzene rings is 1. The fraction of sp³-hybridized carbons (Fsp3) is 0.647. The molecular formula is C17H28N2. The first-order valence-electron chi connectivity index (χ1n) is 7.73. The van der Waals surface area contributed by atoms with Crippen LogP contribution in [0.2, 0.25) is 0 Å². The maximum atomic E-state index is 3.67. The highest BCUT2D eigenvalue weighted by Crippen LogP contribution is 2.32. The molecule has 1 aromatic rings. The summed E-state index contributed by atoms with van der Waals surface area (Å²) in [7, 11) is 0. The van der Waals surface area contributed by atoms with Gasteiger partial charge in [0.05, 0.1) is 0 Å². The average Bonchev–Trinajstić information content (AvgIpc) is 3.22. The van der Waals surface area contributed by atoms with E-state index in [1.165, 1.54) is 24.0 Å². The lowest BCUT2D eigenvalue weighted by atomic mass is 9.98. The van der Waals surface area contributed by atoms with Crippen LogP contribution in [0, 0.1) is 6.92 Å². The zero-order chi connectivity index (χ0) is 13.8. The van der Waals surface area contributed by atoms with Crippen LogP contribution < -0.4 is 5.32 Å². The van der Waals surface area contributed by atoms with Crippen molar-refractivity contribution in [2.45, 2.75) is 58.7 Å². The van der Waals surface area contributed by atoms with Gasteiger partial charge in [-0.2, -0.15) is 0 Å². The highest BCUT2D eigenvalue weighted by Gasteiger charge is 2.34. The Bertz CT molecular complexity index is 381. The Morgan fingerprint density at radius 1 is 1.21 bits per heavy atom. The van der Waals surface area contributed by atoms with Crippen molar-refractivity contribution < 1.29 is 0 Å². The maximum Gasteiger partial charge on any atom is 0.0475 e. The molecule has 1 saturated carbocycles. The van der Waals surface area contributed by atoms with Gasteiger partial charge in [0, 0.05) is 18.1 Å². The van der Waals surface area contributed by atoms with E-state index >= 15 is 0 Å². The molecule has 2 atom stereocenters. The quantitative estimate of drug-likeness (QED) is 0.807. The van der Waals surface area contributed by atoms with Crippen LogP contribution in [-0.2, 0) is 0 Å². The minimum atomic E-state index is 0.436. The summed E-state index contributed by atoms with van der Waals surface area (Å²) in [6.45, 7) is 11.2. The molecular weight excluding hydrogens is 232 g/mol. The molecule has 1 fully saturated rings. The molecule has 0 aliphatic heterocycles. The molecule has 2 heteroatoms. The van der Waals surface area contributed by atoms with Gasteiger partial charge in [0.15, 0.2) is 0 Å². The van der Waals surface area contributed by atoms with E-state index in [0.717, 1.165) is 19.1 Å². The second-order valence-electron chi connectivity index (χ2n) is 5.75. The summed E-state index contributed by atoms with van der Waals surface area (Å²) in [4.78, 5) is 2.66. The summed E-state index contributed by atoms with van der Waals surface area (Å²) >= 11 is 0. The number of likely N-dealkylation sites (N-methyl/N-ethyl adjacent to an activating group) is 2. The van der Waals surface area contributed by atoms with Crippen LogP contribution in [0.25, 0.3) is 0 Å². The highest BCUT2D eigenvalue weighted by atomic mass is 15.2. The summed E-state index contributed by atoms with van der Waals surface area (Å²) in [6, 6.07) is 10.8. The Morgan fingerprint density at radius 2 is 1.84 bits per heavy atom. The van der Waals surface area contributed by atoms with Crippen molar-refractivity contribution in [2.75, 3.05) is 13.1 Å². The third-order valence-electron chi connectivity index (χ3n) is 4.25. The summed E-state index contributed by atoms with van der Waals surface area (Å²) in [5.74, 6) is 0. The molecule has 0 bridgehead atoms. The SMILES string of the molecule is CCNC(c1ccc(C)cc1)C(C)N(CC)C1CC1. The van der Waals surface area contributed by atoms with Crippen LogP contribution in [0.5, 0.6) is 0 Å². The van der Waals surface area contributed by atoms with Gasteiger partial charge in [-0.25, -0.2) is 0 Å². The van der Waals surface area contributed by atoms with Crippen molar-refractivity contribution >= 4 is 0 Å². The van der Waals surface area contributed by atoms with Gasteiger partial charge < -0.3 is 5.32 Å². The van der Waals surface area contributed by atoms with E-state index in [2.05, 4.69) is 62.2 Å². The third-order valence-corrected chi connectivity index (χ3v) is 4.25. The Labute approximate surface area is 118 Å². The van der Waals surface area contributed by atoms with Crippen LogP contribution in [0.1, 0.15) is 50.8 Å². The van der Waals surface area contributed by atoms with Crippen molar-refractivity contribution in [1.29, 1.82) is 0 Å². The molecule has 1 aliphatic carbocycles. The van der Waals surface area contributed by atoms with E-state index in [0.29, 0.717) is 12.1 Å². The second-order valence-corrected chi connectivity index (χ2v) is 5.75. The van der Waals surface area contributed by atoms with Crippen LogP contribution in [0.15, 0.2) is 24.3 Å². The molecule has 19 heavy (non-hydrogen) atoms. The Hall–Kier alpha value is -0.860. The lowest BCUT2D eigenvalue weighted by Crippen LogP contribution is -2.44. The van der Waals surface area contributed by atoms with Gasteiger partial charge in [-0.05, 0) is 45.3 Å². The first kappa shape index (κ1) is 14.5. The van der Waals surface area contributed by atoms with E-state index in [-0.39, 0.29) is 0 Å². The summed E-state index contributed by atoms with van der Waals surface area (Å²) in [6.07, 6.45) is 2.76. The van der Waals surface area contributed by atoms with Crippen molar-refractivity contribution in [1.82, 2.24) is 10.2 Å².